The first-order valence-electron chi connectivity index (χ1n) is 21.3. The van der Waals surface area contributed by atoms with Crippen molar-refractivity contribution in [2.75, 3.05) is 19.8 Å². The number of carbonyl (C=O) groups excluding carboxylic acids is 2. The van der Waals surface area contributed by atoms with Crippen LogP contribution in [-0.2, 0) is 28.5 Å². The molecule has 10 nitrogen and oxygen atoms in total. The van der Waals surface area contributed by atoms with E-state index >= 15 is 0 Å². The van der Waals surface area contributed by atoms with Gasteiger partial charge in [0.05, 0.1) is 13.2 Å². The number of unbranched alkanes of at least 4 members (excludes halogenated alkanes) is 22. The summed E-state index contributed by atoms with van der Waals surface area (Å²) in [6.07, 6.45) is 26.4. The minimum absolute atomic E-state index is 0.216. The monoisotopic (exact) mass is 743 g/mol. The van der Waals surface area contributed by atoms with E-state index in [0.29, 0.717) is 6.42 Å². The zero-order chi connectivity index (χ0) is 38.1. The summed E-state index contributed by atoms with van der Waals surface area (Å²) in [5, 5.41) is 40.0. The van der Waals surface area contributed by atoms with Gasteiger partial charge in [-0.3, -0.25) is 9.59 Å². The number of carbonyl (C=O) groups is 2. The molecule has 1 aliphatic rings. The first-order chi connectivity index (χ1) is 25.3. The fourth-order valence-electron chi connectivity index (χ4n) is 6.48. The summed E-state index contributed by atoms with van der Waals surface area (Å²) in [5.41, 5.74) is 0. The zero-order valence-corrected chi connectivity index (χ0v) is 33.1. The Kier molecular flexibility index (Phi) is 31.7. The third kappa shape index (κ3) is 25.5. The molecule has 0 amide bonds. The fourth-order valence-corrected chi connectivity index (χ4v) is 6.48. The Morgan fingerprint density at radius 3 is 1.52 bits per heavy atom. The largest absolute Gasteiger partial charge is 0.462 e. The first kappa shape index (κ1) is 48.5. The molecule has 0 aromatic carbocycles. The number of esters is 2. The summed E-state index contributed by atoms with van der Waals surface area (Å²) in [6, 6.07) is 0. The fraction of sp³-hybridized carbons (Fsp3) is 0.905. The lowest BCUT2D eigenvalue weighted by molar-refractivity contribution is -0.305. The van der Waals surface area contributed by atoms with Crippen molar-refractivity contribution in [2.45, 2.75) is 224 Å². The maximum Gasteiger partial charge on any atom is 0.306 e. The Bertz CT molecular complexity index is 866. The van der Waals surface area contributed by atoms with Crippen LogP contribution in [-0.4, -0.2) is 89.0 Å². The highest BCUT2D eigenvalue weighted by molar-refractivity contribution is 5.70. The number of ether oxygens (including phenoxy) is 4. The van der Waals surface area contributed by atoms with Gasteiger partial charge in [0, 0.05) is 12.8 Å². The van der Waals surface area contributed by atoms with Crippen molar-refractivity contribution in [3.63, 3.8) is 0 Å². The molecular weight excluding hydrogens is 664 g/mol. The Hall–Kier alpha value is -1.56. The molecule has 1 aliphatic heterocycles. The van der Waals surface area contributed by atoms with Gasteiger partial charge in [-0.2, -0.15) is 0 Å². The molecule has 1 fully saturated rings. The molecule has 0 bridgehead atoms. The van der Waals surface area contributed by atoms with Crippen LogP contribution >= 0.6 is 0 Å². The van der Waals surface area contributed by atoms with Crippen molar-refractivity contribution in [3.05, 3.63) is 12.2 Å². The molecule has 1 heterocycles. The number of aliphatic hydroxyl groups excluding tert-OH is 4. The number of hydrogen-bond donors (Lipinski definition) is 4. The van der Waals surface area contributed by atoms with Gasteiger partial charge in [-0.05, 0) is 38.5 Å². The van der Waals surface area contributed by atoms with Crippen LogP contribution in [0.2, 0.25) is 0 Å². The Balaban J connectivity index is 2.35. The van der Waals surface area contributed by atoms with Gasteiger partial charge in [-0.1, -0.05) is 148 Å². The van der Waals surface area contributed by atoms with Crippen LogP contribution in [0, 0.1) is 0 Å². The predicted molar refractivity (Wildman–Crippen MR) is 206 cm³/mol. The predicted octanol–water partition coefficient (Wildman–Crippen LogP) is 8.39. The van der Waals surface area contributed by atoms with Crippen LogP contribution in [0.15, 0.2) is 12.2 Å². The maximum atomic E-state index is 12.7. The summed E-state index contributed by atoms with van der Waals surface area (Å²) in [6.45, 7) is 3.40. The molecule has 0 radical (unpaired) electrons. The van der Waals surface area contributed by atoms with E-state index in [1.165, 1.54) is 96.3 Å². The minimum Gasteiger partial charge on any atom is -0.462 e. The molecule has 306 valence electrons. The van der Waals surface area contributed by atoms with Gasteiger partial charge < -0.3 is 39.4 Å². The summed E-state index contributed by atoms with van der Waals surface area (Å²) in [4.78, 5) is 25.2. The second-order valence-corrected chi connectivity index (χ2v) is 14.8. The second kappa shape index (κ2) is 34.0. The lowest BCUT2D eigenvalue weighted by atomic mass is 9.99. The molecule has 1 rings (SSSR count). The van der Waals surface area contributed by atoms with Crippen LogP contribution in [0.1, 0.15) is 187 Å². The number of allylic oxidation sites excluding steroid dienone is 2. The van der Waals surface area contributed by atoms with Crippen LogP contribution < -0.4 is 0 Å². The number of hydrogen-bond acceptors (Lipinski definition) is 10. The van der Waals surface area contributed by atoms with E-state index < -0.39 is 49.4 Å². The lowest BCUT2D eigenvalue weighted by Gasteiger charge is -2.39. The van der Waals surface area contributed by atoms with Crippen molar-refractivity contribution in [1.29, 1.82) is 0 Å². The number of rotatable bonds is 35. The highest BCUT2D eigenvalue weighted by Gasteiger charge is 2.44. The SMILES string of the molecule is CCCCCC/C=C\CCCCCCCC(=O)OC(COC(=O)CCCCCCCCCCCCCCCC)COC1OC(CO)C(O)C(O)C1O. The van der Waals surface area contributed by atoms with Gasteiger partial charge in [0.2, 0.25) is 0 Å². The molecule has 6 unspecified atom stereocenters. The van der Waals surface area contributed by atoms with E-state index in [1.807, 2.05) is 0 Å². The van der Waals surface area contributed by atoms with Gasteiger partial charge in [0.1, 0.15) is 31.0 Å². The van der Waals surface area contributed by atoms with Crippen molar-refractivity contribution in [3.8, 4) is 0 Å². The summed E-state index contributed by atoms with van der Waals surface area (Å²) in [7, 11) is 0. The molecule has 0 aromatic heterocycles. The molecule has 52 heavy (non-hydrogen) atoms. The zero-order valence-electron chi connectivity index (χ0n) is 33.1. The van der Waals surface area contributed by atoms with Gasteiger partial charge in [-0.25, -0.2) is 0 Å². The average molecular weight is 743 g/mol. The standard InChI is InChI=1S/C42H78O10/c1-3-5-7-9-11-13-15-17-19-20-22-24-26-28-30-37(44)49-33-35(34-50-42-41(48)40(47)39(46)36(32-43)52-42)51-38(45)31-29-27-25-23-21-18-16-14-12-10-8-6-4-2/h14,16,35-36,39-43,46-48H,3-13,15,17-34H2,1-2H3/b16-14-. The van der Waals surface area contributed by atoms with E-state index in [2.05, 4.69) is 26.0 Å². The molecule has 0 spiro atoms. The van der Waals surface area contributed by atoms with Gasteiger partial charge >= 0.3 is 11.9 Å². The van der Waals surface area contributed by atoms with Gasteiger partial charge in [0.15, 0.2) is 12.4 Å². The van der Waals surface area contributed by atoms with Crippen molar-refractivity contribution >= 4 is 11.9 Å². The Labute approximate surface area is 316 Å². The molecule has 0 saturated carbocycles. The van der Waals surface area contributed by atoms with Crippen LogP contribution in [0.4, 0.5) is 0 Å². The van der Waals surface area contributed by atoms with Crippen molar-refractivity contribution in [2.24, 2.45) is 0 Å². The molecular formula is C42H78O10. The highest BCUT2D eigenvalue weighted by atomic mass is 16.7. The summed E-state index contributed by atoms with van der Waals surface area (Å²) in [5.74, 6) is -0.810. The summed E-state index contributed by atoms with van der Waals surface area (Å²) >= 11 is 0. The van der Waals surface area contributed by atoms with E-state index in [1.54, 1.807) is 0 Å². The first-order valence-corrected chi connectivity index (χ1v) is 21.3. The topological polar surface area (TPSA) is 152 Å². The van der Waals surface area contributed by atoms with Crippen LogP contribution in [0.3, 0.4) is 0 Å². The van der Waals surface area contributed by atoms with Crippen molar-refractivity contribution in [1.82, 2.24) is 0 Å². The van der Waals surface area contributed by atoms with Crippen molar-refractivity contribution < 1.29 is 49.0 Å². The Morgan fingerprint density at radius 1 is 0.577 bits per heavy atom. The third-order valence-electron chi connectivity index (χ3n) is 9.90. The minimum atomic E-state index is -1.59. The second-order valence-electron chi connectivity index (χ2n) is 14.8. The number of aliphatic hydroxyl groups is 4. The maximum absolute atomic E-state index is 12.7. The van der Waals surface area contributed by atoms with Crippen LogP contribution in [0.25, 0.3) is 0 Å². The Morgan fingerprint density at radius 2 is 1.02 bits per heavy atom. The van der Waals surface area contributed by atoms with Gasteiger partial charge in [-0.15, -0.1) is 0 Å². The van der Waals surface area contributed by atoms with Gasteiger partial charge in [0.25, 0.3) is 0 Å². The summed E-state index contributed by atoms with van der Waals surface area (Å²) < 4.78 is 22.1. The van der Waals surface area contributed by atoms with E-state index in [4.69, 9.17) is 18.9 Å². The lowest BCUT2D eigenvalue weighted by Crippen LogP contribution is -2.59. The molecule has 0 aromatic rings. The highest BCUT2D eigenvalue weighted by Crippen LogP contribution is 2.22. The quantitative estimate of drug-likeness (QED) is 0.0283. The molecule has 0 aliphatic carbocycles. The molecule has 4 N–H and O–H groups in total. The van der Waals surface area contributed by atoms with E-state index in [0.717, 1.165) is 57.8 Å². The smallest absolute Gasteiger partial charge is 0.306 e. The molecule has 1 saturated heterocycles. The molecule has 6 atom stereocenters. The van der Waals surface area contributed by atoms with E-state index in [9.17, 15) is 30.0 Å². The van der Waals surface area contributed by atoms with Crippen LogP contribution in [0.5, 0.6) is 0 Å². The normalized spacial score (nSPS) is 21.1. The average Bonchev–Trinajstić information content (AvgIpc) is 3.14. The molecule has 10 heteroatoms. The van der Waals surface area contributed by atoms with E-state index in [-0.39, 0.29) is 32.0 Å². The third-order valence-corrected chi connectivity index (χ3v) is 9.90.